The lowest BCUT2D eigenvalue weighted by Gasteiger charge is -2.21. The third-order valence-corrected chi connectivity index (χ3v) is 6.70. The van der Waals surface area contributed by atoms with Crippen molar-refractivity contribution in [2.45, 2.75) is 72.0 Å². The highest BCUT2D eigenvalue weighted by molar-refractivity contribution is 6.00. The van der Waals surface area contributed by atoms with Crippen molar-refractivity contribution in [3.05, 3.63) is 48.2 Å². The number of ether oxygens (including phenoxy) is 4. The zero-order valence-corrected chi connectivity index (χ0v) is 28.4. The van der Waals surface area contributed by atoms with E-state index in [9.17, 15) is 9.59 Å². The fraction of sp³-hybridized carbons (Fsp3) is 0.441. The number of hydrogen-bond donors (Lipinski definition) is 4. The van der Waals surface area contributed by atoms with Crippen molar-refractivity contribution < 1.29 is 28.5 Å². The topological polar surface area (TPSA) is 161 Å². The van der Waals surface area contributed by atoms with Gasteiger partial charge >= 0.3 is 12.2 Å². The summed E-state index contributed by atoms with van der Waals surface area (Å²) in [5, 5.41) is 11.3. The lowest BCUT2D eigenvalue weighted by Crippen LogP contribution is -2.37. The summed E-state index contributed by atoms with van der Waals surface area (Å²) in [6.07, 6.45) is 2.02. The highest BCUT2D eigenvalue weighted by Crippen LogP contribution is 2.34. The van der Waals surface area contributed by atoms with E-state index in [0.717, 1.165) is 17.3 Å². The molecule has 4 N–H and O–H groups in total. The van der Waals surface area contributed by atoms with Gasteiger partial charge in [-0.05, 0) is 72.1 Å². The van der Waals surface area contributed by atoms with Crippen LogP contribution in [0.5, 0.6) is 11.5 Å². The number of nitrogens with zero attached hydrogens (tertiary/aromatic N) is 3. The average Bonchev–Trinajstić information content (AvgIpc) is 3.39. The largest absolute Gasteiger partial charge is 0.493 e. The molecule has 47 heavy (non-hydrogen) atoms. The Morgan fingerprint density at radius 2 is 1.57 bits per heavy atom. The number of amides is 2. The molecule has 2 amide bonds. The van der Waals surface area contributed by atoms with Crippen LogP contribution in [-0.2, 0) is 15.9 Å². The van der Waals surface area contributed by atoms with Gasteiger partial charge in [0.15, 0.2) is 11.5 Å². The van der Waals surface area contributed by atoms with Gasteiger partial charge in [0, 0.05) is 48.1 Å². The van der Waals surface area contributed by atoms with Crippen LogP contribution in [-0.4, -0.2) is 71.5 Å². The summed E-state index contributed by atoms with van der Waals surface area (Å²) in [5.41, 5.74) is 1.50. The van der Waals surface area contributed by atoms with E-state index < -0.39 is 23.4 Å². The van der Waals surface area contributed by atoms with Gasteiger partial charge in [0.05, 0.1) is 19.7 Å². The Labute approximate surface area is 274 Å². The molecule has 0 radical (unpaired) electrons. The average molecular weight is 648 g/mol. The number of fused-ring (bicyclic) bond motifs is 2. The van der Waals surface area contributed by atoms with Gasteiger partial charge in [0.2, 0.25) is 5.95 Å². The molecule has 0 bridgehead atoms. The maximum absolute atomic E-state index is 12.4. The summed E-state index contributed by atoms with van der Waals surface area (Å²) in [6.45, 7) is 11.5. The SMILES string of the molecule is COc1cc2nc(NCCCC(=NC(=O)OC(C)(C)C)NC(=O)OC(C)(C)C)nc(NCCc3c[nH]c4ccccc34)c2cc1OC. The number of nitrogens with one attached hydrogen (secondary N) is 4. The molecule has 0 aliphatic rings. The molecule has 0 aliphatic carbocycles. The molecule has 0 aliphatic heterocycles. The highest BCUT2D eigenvalue weighted by Gasteiger charge is 2.20. The second kappa shape index (κ2) is 15.0. The maximum Gasteiger partial charge on any atom is 0.435 e. The summed E-state index contributed by atoms with van der Waals surface area (Å²) >= 11 is 0. The molecule has 252 valence electrons. The lowest BCUT2D eigenvalue weighted by atomic mass is 10.1. The predicted octanol–water partition coefficient (Wildman–Crippen LogP) is 6.83. The van der Waals surface area contributed by atoms with Gasteiger partial charge in [0.25, 0.3) is 0 Å². The van der Waals surface area contributed by atoms with Crippen LogP contribution in [0.1, 0.15) is 59.9 Å². The summed E-state index contributed by atoms with van der Waals surface area (Å²) in [7, 11) is 3.16. The summed E-state index contributed by atoms with van der Waals surface area (Å²) in [5.74, 6) is 2.28. The molecule has 0 fully saturated rings. The van der Waals surface area contributed by atoms with Crippen LogP contribution < -0.4 is 25.4 Å². The number of hydrogen-bond acceptors (Lipinski definition) is 10. The molecule has 4 aromatic rings. The number of alkyl carbamates (subject to hydrolysis) is 1. The predicted molar refractivity (Wildman–Crippen MR) is 184 cm³/mol. The molecular weight excluding hydrogens is 602 g/mol. The lowest BCUT2D eigenvalue weighted by molar-refractivity contribution is 0.0561. The first-order valence-electron chi connectivity index (χ1n) is 15.5. The number of aromatic amines is 1. The highest BCUT2D eigenvalue weighted by atomic mass is 16.6. The van der Waals surface area contributed by atoms with Crippen molar-refractivity contribution in [2.75, 3.05) is 37.9 Å². The number of amidine groups is 1. The second-order valence-corrected chi connectivity index (χ2v) is 12.9. The van der Waals surface area contributed by atoms with Gasteiger partial charge in [-0.1, -0.05) is 18.2 Å². The number of para-hydroxylation sites is 1. The smallest absolute Gasteiger partial charge is 0.435 e. The maximum atomic E-state index is 12.4. The zero-order valence-electron chi connectivity index (χ0n) is 28.4. The van der Waals surface area contributed by atoms with Crippen LogP contribution in [0.15, 0.2) is 47.6 Å². The molecular formula is C34H45N7O6. The number of carbonyl (C=O) groups is 2. The number of aliphatic imine (C=N–C) groups is 1. The first-order valence-corrected chi connectivity index (χ1v) is 15.5. The van der Waals surface area contributed by atoms with E-state index in [2.05, 4.69) is 38.1 Å². The fourth-order valence-corrected chi connectivity index (χ4v) is 4.74. The standard InChI is InChI=1S/C34H45N7O6/c1-33(2,3)46-31(42)39-28(40-32(43)47-34(4,5)6)14-11-16-36-30-38-25-19-27(45-8)26(44-7)18-23(25)29(41-30)35-17-15-21-20-37-24-13-10-9-12-22(21)24/h9-10,12-13,18-20,37H,11,14-17H2,1-8H3,(H2,35,36,38,41)(H,39,40,42,43). The molecule has 0 spiro atoms. The molecule has 0 atom stereocenters. The quantitative estimate of drug-likeness (QED) is 0.0771. The monoisotopic (exact) mass is 647 g/mol. The Hall–Kier alpha value is -5.07. The van der Waals surface area contributed by atoms with Crippen LogP contribution in [0.25, 0.3) is 21.8 Å². The van der Waals surface area contributed by atoms with Gasteiger partial charge in [-0.2, -0.15) is 9.98 Å². The van der Waals surface area contributed by atoms with E-state index in [0.29, 0.717) is 48.3 Å². The first kappa shape index (κ1) is 34.8. The van der Waals surface area contributed by atoms with E-state index in [4.69, 9.17) is 28.9 Å². The summed E-state index contributed by atoms with van der Waals surface area (Å²) < 4.78 is 21.7. The number of methoxy groups -OCH3 is 2. The third-order valence-electron chi connectivity index (χ3n) is 6.70. The van der Waals surface area contributed by atoms with Crippen molar-refractivity contribution in [1.29, 1.82) is 0 Å². The van der Waals surface area contributed by atoms with Crippen molar-refractivity contribution >= 4 is 51.6 Å². The molecule has 2 aromatic carbocycles. The van der Waals surface area contributed by atoms with Crippen LogP contribution in [0.4, 0.5) is 21.4 Å². The third kappa shape index (κ3) is 10.2. The van der Waals surface area contributed by atoms with E-state index in [1.54, 1.807) is 55.8 Å². The number of aromatic nitrogens is 3. The molecule has 2 aromatic heterocycles. The van der Waals surface area contributed by atoms with Crippen LogP contribution >= 0.6 is 0 Å². The molecule has 4 rings (SSSR count). The van der Waals surface area contributed by atoms with E-state index in [1.807, 2.05) is 30.5 Å². The van der Waals surface area contributed by atoms with Gasteiger partial charge in [-0.3, -0.25) is 5.32 Å². The molecule has 13 heteroatoms. The van der Waals surface area contributed by atoms with Crippen molar-refractivity contribution in [2.24, 2.45) is 4.99 Å². The summed E-state index contributed by atoms with van der Waals surface area (Å²) in [4.78, 5) is 41.7. The number of rotatable bonds is 11. The Bertz CT molecular complexity index is 1740. The number of anilines is 2. The Balaban J connectivity index is 1.49. The molecule has 13 nitrogen and oxygen atoms in total. The fourth-order valence-electron chi connectivity index (χ4n) is 4.74. The van der Waals surface area contributed by atoms with Crippen molar-refractivity contribution in [3.63, 3.8) is 0 Å². The number of benzene rings is 2. The van der Waals surface area contributed by atoms with Gasteiger partial charge in [-0.15, -0.1) is 0 Å². The second-order valence-electron chi connectivity index (χ2n) is 12.9. The van der Waals surface area contributed by atoms with Crippen LogP contribution in [0.2, 0.25) is 0 Å². The van der Waals surface area contributed by atoms with Gasteiger partial charge in [-0.25, -0.2) is 14.6 Å². The number of carbonyl (C=O) groups excluding carboxylic acids is 2. The van der Waals surface area contributed by atoms with Crippen molar-refractivity contribution in [3.8, 4) is 11.5 Å². The Morgan fingerprint density at radius 3 is 2.28 bits per heavy atom. The van der Waals surface area contributed by atoms with Gasteiger partial charge < -0.3 is 34.6 Å². The minimum atomic E-state index is -0.804. The first-order chi connectivity index (χ1) is 22.2. The van der Waals surface area contributed by atoms with E-state index in [1.165, 1.54) is 10.9 Å². The Kier molecular flexibility index (Phi) is 11.1. The molecule has 0 saturated carbocycles. The van der Waals surface area contributed by atoms with Gasteiger partial charge in [0.1, 0.15) is 22.9 Å². The zero-order chi connectivity index (χ0) is 34.2. The van der Waals surface area contributed by atoms with E-state index in [-0.39, 0.29) is 12.3 Å². The minimum absolute atomic E-state index is 0.131. The molecule has 0 unspecified atom stereocenters. The van der Waals surface area contributed by atoms with Crippen LogP contribution in [0, 0.1) is 0 Å². The summed E-state index contributed by atoms with van der Waals surface area (Å²) in [6, 6.07) is 11.9. The van der Waals surface area contributed by atoms with Crippen molar-refractivity contribution in [1.82, 2.24) is 20.3 Å². The Morgan fingerprint density at radius 1 is 0.872 bits per heavy atom. The normalized spacial score (nSPS) is 12.1. The van der Waals surface area contributed by atoms with E-state index >= 15 is 0 Å². The number of H-pyrrole nitrogens is 1. The molecule has 2 heterocycles. The minimum Gasteiger partial charge on any atom is -0.493 e. The van der Waals surface area contributed by atoms with Crippen LogP contribution in [0.3, 0.4) is 0 Å². The molecule has 0 saturated heterocycles.